The zero-order valence-corrected chi connectivity index (χ0v) is 10.3. The Balaban J connectivity index is 2.08. The Kier molecular flexibility index (Phi) is 3.20. The van der Waals surface area contributed by atoms with Gasteiger partial charge in [-0.05, 0) is 51.9 Å². The molecule has 3 rings (SSSR count). The van der Waals surface area contributed by atoms with Gasteiger partial charge < -0.3 is 5.11 Å². The van der Waals surface area contributed by atoms with E-state index in [4.69, 9.17) is 0 Å². The lowest BCUT2D eigenvalue weighted by Gasteiger charge is -2.48. The first-order chi connectivity index (χ1) is 7.54. The van der Waals surface area contributed by atoms with Gasteiger partial charge in [-0.25, -0.2) is 0 Å². The molecular weight excluding hydrogens is 200 g/mol. The van der Waals surface area contributed by atoms with Crippen molar-refractivity contribution < 1.29 is 9.90 Å². The summed E-state index contributed by atoms with van der Waals surface area (Å²) in [6, 6.07) is 0. The smallest absolute Gasteiger partial charge is 0.141 e. The minimum absolute atomic E-state index is 0.324. The summed E-state index contributed by atoms with van der Waals surface area (Å²) in [5.74, 6) is 0.789. The predicted molar refractivity (Wildman–Crippen MR) is 64.1 cm³/mol. The molecule has 2 heteroatoms. The second-order valence-corrected chi connectivity index (χ2v) is 5.76. The third-order valence-corrected chi connectivity index (χ3v) is 4.37. The second-order valence-electron chi connectivity index (χ2n) is 5.76. The van der Waals surface area contributed by atoms with Crippen molar-refractivity contribution in [2.24, 2.45) is 11.3 Å². The van der Waals surface area contributed by atoms with Gasteiger partial charge >= 0.3 is 0 Å². The van der Waals surface area contributed by atoms with E-state index < -0.39 is 0 Å². The highest BCUT2D eigenvalue weighted by Gasteiger charge is 2.52. The molecule has 0 amide bonds. The minimum atomic E-state index is -0.388. The Hall–Kier alpha value is -0.630. The van der Waals surface area contributed by atoms with Crippen LogP contribution in [0.4, 0.5) is 0 Å². The molecule has 2 bridgehead atoms. The normalized spacial score (nSPS) is 37.6. The van der Waals surface area contributed by atoms with E-state index in [1.165, 1.54) is 5.57 Å². The first-order valence-corrected chi connectivity index (χ1v) is 6.39. The van der Waals surface area contributed by atoms with Crippen LogP contribution in [-0.4, -0.2) is 17.0 Å². The Morgan fingerprint density at radius 2 is 2.31 bits per heavy atom. The van der Waals surface area contributed by atoms with Gasteiger partial charge in [-0.2, -0.15) is 0 Å². The molecule has 90 valence electrons. The van der Waals surface area contributed by atoms with E-state index in [0.29, 0.717) is 18.1 Å². The zero-order chi connectivity index (χ0) is 11.8. The Bertz CT molecular complexity index is 315. The van der Waals surface area contributed by atoms with E-state index in [0.717, 1.165) is 32.1 Å². The number of aliphatic hydroxyl groups is 1. The van der Waals surface area contributed by atoms with Crippen LogP contribution in [0.1, 0.15) is 52.4 Å². The molecule has 0 heterocycles. The summed E-state index contributed by atoms with van der Waals surface area (Å²) in [5, 5.41) is 10.1. The lowest BCUT2D eigenvalue weighted by Crippen LogP contribution is -2.52. The summed E-state index contributed by atoms with van der Waals surface area (Å²) in [6.07, 6.45) is 7.17. The van der Waals surface area contributed by atoms with Crippen molar-refractivity contribution in [1.82, 2.24) is 0 Å². The number of fused-ring (bicyclic) bond motifs is 3. The number of carbonyl (C=O) groups excluding carboxylic acids is 1. The van der Waals surface area contributed by atoms with Gasteiger partial charge in [0.25, 0.3) is 0 Å². The van der Waals surface area contributed by atoms with Crippen molar-refractivity contribution in [2.75, 3.05) is 0 Å². The Morgan fingerprint density at radius 3 is 2.88 bits per heavy atom. The Morgan fingerprint density at radius 1 is 1.56 bits per heavy atom. The largest absolute Gasteiger partial charge is 0.392 e. The van der Waals surface area contributed by atoms with Gasteiger partial charge in [0, 0.05) is 6.42 Å². The van der Waals surface area contributed by atoms with Crippen molar-refractivity contribution in [3.8, 4) is 0 Å². The van der Waals surface area contributed by atoms with Crippen LogP contribution >= 0.6 is 0 Å². The molecule has 3 fully saturated rings. The summed E-state index contributed by atoms with van der Waals surface area (Å²) in [4.78, 5) is 12.1. The van der Waals surface area contributed by atoms with Crippen LogP contribution in [0.5, 0.6) is 0 Å². The first-order valence-electron chi connectivity index (χ1n) is 6.39. The molecule has 16 heavy (non-hydrogen) atoms. The summed E-state index contributed by atoms with van der Waals surface area (Å²) < 4.78 is 0. The zero-order valence-electron chi connectivity index (χ0n) is 10.3. The fourth-order valence-electron chi connectivity index (χ4n) is 3.31. The third-order valence-electron chi connectivity index (χ3n) is 4.37. The summed E-state index contributed by atoms with van der Waals surface area (Å²) in [6.45, 7) is 4.15. The molecule has 0 radical (unpaired) electrons. The quantitative estimate of drug-likeness (QED) is 0.745. The van der Waals surface area contributed by atoms with Crippen molar-refractivity contribution in [3.05, 3.63) is 11.6 Å². The highest BCUT2D eigenvalue weighted by molar-refractivity contribution is 5.87. The summed E-state index contributed by atoms with van der Waals surface area (Å²) >= 11 is 0. The van der Waals surface area contributed by atoms with E-state index >= 15 is 0 Å². The number of aliphatic hydroxyl groups excluding tert-OH is 1. The maximum atomic E-state index is 12.1. The number of rotatable bonds is 3. The molecule has 0 saturated heterocycles. The SMILES string of the molecule is CC(C)=CCC[C@]12CC[C@H](CC1=O)C[C@@H]2O. The fraction of sp³-hybridized carbons (Fsp3) is 0.786. The third kappa shape index (κ3) is 1.95. The summed E-state index contributed by atoms with van der Waals surface area (Å²) in [5.41, 5.74) is 0.906. The van der Waals surface area contributed by atoms with Gasteiger partial charge in [0.15, 0.2) is 0 Å². The van der Waals surface area contributed by atoms with Gasteiger partial charge in [-0.3, -0.25) is 4.79 Å². The number of hydrogen-bond donors (Lipinski definition) is 1. The van der Waals surface area contributed by atoms with Gasteiger partial charge in [-0.15, -0.1) is 0 Å². The fourth-order valence-corrected chi connectivity index (χ4v) is 3.31. The molecule has 0 aromatic rings. The molecule has 0 aromatic carbocycles. The molecule has 1 N–H and O–H groups in total. The Labute approximate surface area is 97.7 Å². The molecule has 2 nitrogen and oxygen atoms in total. The standard InChI is InChI=1S/C14H22O2/c1-10(2)4-3-6-14-7-5-11(8-12(14)15)9-13(14)16/h4,11-12,15H,3,5-9H2,1-2H3/t11-,12-,14+/m0/s1. The maximum Gasteiger partial charge on any atom is 0.141 e. The number of hydrogen-bond acceptors (Lipinski definition) is 2. The van der Waals surface area contributed by atoms with Crippen molar-refractivity contribution >= 4 is 5.78 Å². The van der Waals surface area contributed by atoms with Crippen LogP contribution in [0.3, 0.4) is 0 Å². The summed E-state index contributed by atoms with van der Waals surface area (Å²) in [7, 11) is 0. The highest BCUT2D eigenvalue weighted by Crippen LogP contribution is 2.50. The molecular formula is C14H22O2. The lowest BCUT2D eigenvalue weighted by molar-refractivity contribution is -0.152. The van der Waals surface area contributed by atoms with E-state index in [2.05, 4.69) is 19.9 Å². The lowest BCUT2D eigenvalue weighted by atomic mass is 9.56. The first kappa shape index (κ1) is 11.8. The topological polar surface area (TPSA) is 37.3 Å². The molecule has 3 aliphatic rings. The predicted octanol–water partition coefficient (Wildman–Crippen LogP) is 2.85. The number of ketones is 1. The molecule has 0 aromatic heterocycles. The van der Waals surface area contributed by atoms with E-state index in [-0.39, 0.29) is 11.5 Å². The van der Waals surface area contributed by atoms with Gasteiger partial charge in [0.05, 0.1) is 11.5 Å². The van der Waals surface area contributed by atoms with E-state index in [9.17, 15) is 9.90 Å². The van der Waals surface area contributed by atoms with Crippen molar-refractivity contribution in [1.29, 1.82) is 0 Å². The van der Waals surface area contributed by atoms with Crippen LogP contribution in [-0.2, 0) is 4.79 Å². The molecule has 0 aliphatic heterocycles. The van der Waals surface area contributed by atoms with Crippen LogP contribution in [0.2, 0.25) is 0 Å². The molecule has 0 spiro atoms. The van der Waals surface area contributed by atoms with Crippen molar-refractivity contribution in [3.63, 3.8) is 0 Å². The highest BCUT2D eigenvalue weighted by atomic mass is 16.3. The molecule has 3 atom stereocenters. The van der Waals surface area contributed by atoms with Crippen LogP contribution in [0.15, 0.2) is 11.6 Å². The number of Topliss-reactive ketones (excluding diaryl/α,β-unsaturated/α-hetero) is 1. The molecule has 0 unspecified atom stereocenters. The van der Waals surface area contributed by atoms with Crippen LogP contribution in [0, 0.1) is 11.3 Å². The van der Waals surface area contributed by atoms with Crippen LogP contribution < -0.4 is 0 Å². The second kappa shape index (κ2) is 4.33. The number of allylic oxidation sites excluding steroid dienone is 2. The van der Waals surface area contributed by atoms with E-state index in [1.807, 2.05) is 0 Å². The van der Waals surface area contributed by atoms with Gasteiger partial charge in [0.2, 0.25) is 0 Å². The maximum absolute atomic E-state index is 12.1. The van der Waals surface area contributed by atoms with E-state index in [1.54, 1.807) is 0 Å². The monoisotopic (exact) mass is 222 g/mol. The van der Waals surface area contributed by atoms with Crippen molar-refractivity contribution in [2.45, 2.75) is 58.5 Å². The van der Waals surface area contributed by atoms with Gasteiger partial charge in [0.1, 0.15) is 5.78 Å². The van der Waals surface area contributed by atoms with Crippen LogP contribution in [0.25, 0.3) is 0 Å². The minimum Gasteiger partial charge on any atom is -0.392 e. The van der Waals surface area contributed by atoms with Gasteiger partial charge in [-0.1, -0.05) is 11.6 Å². The number of carbonyl (C=O) groups is 1. The molecule has 3 aliphatic carbocycles. The average molecular weight is 222 g/mol. The molecule has 3 saturated carbocycles. The average Bonchev–Trinajstić information content (AvgIpc) is 2.19.